The highest BCUT2D eigenvalue weighted by Gasteiger charge is 2.65. The monoisotopic (exact) mass is 384 g/mol. The van der Waals surface area contributed by atoms with E-state index in [1.54, 1.807) is 13.8 Å². The minimum atomic E-state index is -1.38. The predicted molar refractivity (Wildman–Crippen MR) is 105 cm³/mol. The highest BCUT2D eigenvalue weighted by molar-refractivity contribution is 6.01. The van der Waals surface area contributed by atoms with E-state index in [1.807, 2.05) is 49.4 Å². The fraction of sp³-hybridized carbons (Fsp3) is 0.478. The molecule has 3 atom stereocenters. The van der Waals surface area contributed by atoms with Crippen molar-refractivity contribution in [3.05, 3.63) is 60.2 Å². The molecule has 1 aliphatic heterocycles. The van der Waals surface area contributed by atoms with Crippen LogP contribution in [0.2, 0.25) is 0 Å². The van der Waals surface area contributed by atoms with Crippen molar-refractivity contribution in [2.45, 2.75) is 45.3 Å². The van der Waals surface area contributed by atoms with Gasteiger partial charge in [0.25, 0.3) is 0 Å². The van der Waals surface area contributed by atoms with Crippen molar-refractivity contribution in [3.8, 4) is 0 Å². The van der Waals surface area contributed by atoms with Crippen LogP contribution in [-0.4, -0.2) is 30.8 Å². The lowest BCUT2D eigenvalue weighted by atomic mass is 9.84. The molecule has 1 heterocycles. The maximum absolute atomic E-state index is 12.9. The molecule has 1 aromatic rings. The SMILES string of the molecule is C=C(C)C1CC(C(=O)OCC)(C(=O)OCC)CC12C=CC(c1ccccc1)O2. The summed E-state index contributed by atoms with van der Waals surface area (Å²) in [6.07, 6.45) is 4.21. The lowest BCUT2D eigenvalue weighted by molar-refractivity contribution is -0.173. The zero-order valence-electron chi connectivity index (χ0n) is 16.8. The fourth-order valence-corrected chi connectivity index (χ4v) is 4.40. The van der Waals surface area contributed by atoms with Gasteiger partial charge in [-0.05, 0) is 32.8 Å². The van der Waals surface area contributed by atoms with Gasteiger partial charge in [0.15, 0.2) is 5.41 Å². The molecular weight excluding hydrogens is 356 g/mol. The molecule has 0 radical (unpaired) electrons. The molecule has 0 saturated heterocycles. The number of rotatable bonds is 6. The lowest BCUT2D eigenvalue weighted by Crippen LogP contribution is -2.42. The zero-order valence-corrected chi connectivity index (χ0v) is 16.8. The Hall–Kier alpha value is -2.40. The van der Waals surface area contributed by atoms with Crippen LogP contribution in [0, 0.1) is 11.3 Å². The second kappa shape index (κ2) is 7.92. The molecule has 0 aromatic heterocycles. The maximum atomic E-state index is 12.9. The summed E-state index contributed by atoms with van der Waals surface area (Å²) in [7, 11) is 0. The van der Waals surface area contributed by atoms with Gasteiger partial charge in [-0.1, -0.05) is 54.6 Å². The van der Waals surface area contributed by atoms with Crippen LogP contribution in [0.15, 0.2) is 54.6 Å². The quantitative estimate of drug-likeness (QED) is 0.419. The molecule has 1 aromatic carbocycles. The van der Waals surface area contributed by atoms with E-state index in [0.717, 1.165) is 11.1 Å². The summed E-state index contributed by atoms with van der Waals surface area (Å²) in [6, 6.07) is 9.88. The van der Waals surface area contributed by atoms with Crippen molar-refractivity contribution in [2.24, 2.45) is 11.3 Å². The van der Waals surface area contributed by atoms with Crippen molar-refractivity contribution in [2.75, 3.05) is 13.2 Å². The van der Waals surface area contributed by atoms with Gasteiger partial charge in [0.2, 0.25) is 0 Å². The van der Waals surface area contributed by atoms with Crippen LogP contribution in [0.3, 0.4) is 0 Å². The Bertz CT molecular complexity index is 763. The largest absolute Gasteiger partial charge is 0.465 e. The molecule has 28 heavy (non-hydrogen) atoms. The van der Waals surface area contributed by atoms with Gasteiger partial charge >= 0.3 is 11.9 Å². The van der Waals surface area contributed by atoms with E-state index in [0.29, 0.717) is 0 Å². The number of hydrogen-bond donors (Lipinski definition) is 0. The van der Waals surface area contributed by atoms with E-state index < -0.39 is 23.0 Å². The Labute approximate surface area is 166 Å². The molecule has 3 unspecified atom stereocenters. The van der Waals surface area contributed by atoms with Crippen molar-refractivity contribution in [1.29, 1.82) is 0 Å². The van der Waals surface area contributed by atoms with Crippen molar-refractivity contribution in [1.82, 2.24) is 0 Å². The van der Waals surface area contributed by atoms with E-state index in [-0.39, 0.29) is 38.1 Å². The highest BCUT2D eigenvalue weighted by atomic mass is 16.6. The van der Waals surface area contributed by atoms with Crippen LogP contribution in [0.25, 0.3) is 0 Å². The van der Waals surface area contributed by atoms with Gasteiger partial charge in [0.1, 0.15) is 6.10 Å². The Kier molecular flexibility index (Phi) is 5.75. The molecule has 0 N–H and O–H groups in total. The summed E-state index contributed by atoms with van der Waals surface area (Å²) in [6.45, 7) is 9.89. The number of benzene rings is 1. The Morgan fingerprint density at radius 1 is 1.14 bits per heavy atom. The molecule has 5 nitrogen and oxygen atoms in total. The van der Waals surface area contributed by atoms with Crippen LogP contribution >= 0.6 is 0 Å². The molecule has 150 valence electrons. The van der Waals surface area contributed by atoms with Gasteiger partial charge in [-0.25, -0.2) is 0 Å². The van der Waals surface area contributed by atoms with Gasteiger partial charge in [-0.15, -0.1) is 0 Å². The molecule has 1 fully saturated rings. The molecule has 1 aliphatic carbocycles. The molecule has 0 amide bonds. The van der Waals surface area contributed by atoms with Crippen LogP contribution in [0.5, 0.6) is 0 Å². The first kappa shape index (κ1) is 20.3. The number of ether oxygens (including phenoxy) is 3. The first-order valence-corrected chi connectivity index (χ1v) is 9.80. The summed E-state index contributed by atoms with van der Waals surface area (Å²) in [5, 5.41) is 0. The number of esters is 2. The first-order valence-electron chi connectivity index (χ1n) is 9.80. The van der Waals surface area contributed by atoms with Crippen molar-refractivity contribution >= 4 is 11.9 Å². The van der Waals surface area contributed by atoms with Gasteiger partial charge in [-0.2, -0.15) is 0 Å². The van der Waals surface area contributed by atoms with E-state index in [4.69, 9.17) is 14.2 Å². The fourth-order valence-electron chi connectivity index (χ4n) is 4.40. The minimum Gasteiger partial charge on any atom is -0.465 e. The number of carbonyl (C=O) groups excluding carboxylic acids is 2. The van der Waals surface area contributed by atoms with E-state index >= 15 is 0 Å². The molecule has 0 bridgehead atoms. The number of hydrogen-bond acceptors (Lipinski definition) is 5. The maximum Gasteiger partial charge on any atom is 0.323 e. The Balaban J connectivity index is 1.97. The van der Waals surface area contributed by atoms with E-state index in [2.05, 4.69) is 6.58 Å². The smallest absolute Gasteiger partial charge is 0.323 e. The van der Waals surface area contributed by atoms with Gasteiger partial charge in [0.05, 0.1) is 18.8 Å². The van der Waals surface area contributed by atoms with Gasteiger partial charge < -0.3 is 14.2 Å². The Morgan fingerprint density at radius 3 is 2.29 bits per heavy atom. The van der Waals surface area contributed by atoms with Crippen LogP contribution < -0.4 is 0 Å². The van der Waals surface area contributed by atoms with Crippen molar-refractivity contribution in [3.63, 3.8) is 0 Å². The number of carbonyl (C=O) groups is 2. The van der Waals surface area contributed by atoms with E-state index in [1.165, 1.54) is 0 Å². The lowest BCUT2D eigenvalue weighted by Gasteiger charge is -2.32. The normalized spacial score (nSPS) is 27.7. The second-order valence-electron chi connectivity index (χ2n) is 7.57. The van der Waals surface area contributed by atoms with Crippen LogP contribution in [0.1, 0.15) is 45.3 Å². The summed E-state index contributed by atoms with van der Waals surface area (Å²) in [4.78, 5) is 25.8. The zero-order chi connectivity index (χ0) is 20.4. The van der Waals surface area contributed by atoms with Gasteiger partial charge in [0, 0.05) is 12.3 Å². The molecule has 1 spiro atoms. The van der Waals surface area contributed by atoms with Crippen LogP contribution in [-0.2, 0) is 23.8 Å². The third-order valence-corrected chi connectivity index (χ3v) is 5.68. The standard InChI is InChI=1S/C23H28O5/c1-5-26-20(24)22(21(25)27-6-2)14-18(16(3)4)23(15-22)13-12-19(28-23)17-10-8-7-9-11-17/h7-13,18-19H,3,5-6,14-15H2,1-2,4H3. The minimum absolute atomic E-state index is 0.189. The van der Waals surface area contributed by atoms with Gasteiger partial charge in [-0.3, -0.25) is 9.59 Å². The summed E-state index contributed by atoms with van der Waals surface area (Å²) >= 11 is 0. The Morgan fingerprint density at radius 2 is 1.75 bits per heavy atom. The third kappa shape index (κ3) is 3.39. The van der Waals surface area contributed by atoms with E-state index in [9.17, 15) is 9.59 Å². The summed E-state index contributed by atoms with van der Waals surface area (Å²) < 4.78 is 17.1. The highest BCUT2D eigenvalue weighted by Crippen LogP contribution is 2.57. The molecule has 3 rings (SSSR count). The topological polar surface area (TPSA) is 61.8 Å². The molecule has 1 saturated carbocycles. The molecular formula is C23H28O5. The predicted octanol–water partition coefficient (Wildman–Crippen LogP) is 4.15. The molecule has 5 heteroatoms. The summed E-state index contributed by atoms with van der Waals surface area (Å²) in [5.74, 6) is -1.28. The van der Waals surface area contributed by atoms with Crippen molar-refractivity contribution < 1.29 is 23.8 Å². The van der Waals surface area contributed by atoms with Crippen LogP contribution in [0.4, 0.5) is 0 Å². The third-order valence-electron chi connectivity index (χ3n) is 5.68. The first-order chi connectivity index (χ1) is 13.4. The molecule has 2 aliphatic rings. The second-order valence-corrected chi connectivity index (χ2v) is 7.57. The summed E-state index contributed by atoms with van der Waals surface area (Å²) in [5.41, 5.74) is -0.271. The average Bonchev–Trinajstić information content (AvgIpc) is 3.26. The average molecular weight is 384 g/mol.